The largest absolute Gasteiger partial charge is 0.496 e. The summed E-state index contributed by atoms with van der Waals surface area (Å²) >= 11 is 3.18. The lowest BCUT2D eigenvalue weighted by Crippen LogP contribution is -2.03. The summed E-state index contributed by atoms with van der Waals surface area (Å²) in [6.45, 7) is -0.337. The summed E-state index contributed by atoms with van der Waals surface area (Å²) < 4.78 is 70.9. The Balaban J connectivity index is 0.000000307. The topological polar surface area (TPSA) is 118 Å². The molecule has 13 heteroatoms. The number of ether oxygens (including phenoxy) is 4. The first-order chi connectivity index (χ1) is 22.0. The summed E-state index contributed by atoms with van der Waals surface area (Å²) in [5.74, 6) is -1.76. The number of aliphatic hydroxyl groups excluding tert-OH is 1. The fourth-order valence-electron chi connectivity index (χ4n) is 3.61. The molecule has 246 valence electrons. The molecule has 0 aromatic heterocycles. The smallest absolute Gasteiger partial charge is 0.342 e. The van der Waals surface area contributed by atoms with Crippen LogP contribution in [0.25, 0.3) is 0 Å². The highest BCUT2D eigenvalue weighted by Gasteiger charge is 2.15. The lowest BCUT2D eigenvalue weighted by molar-refractivity contribution is 0.0688. The van der Waals surface area contributed by atoms with Gasteiger partial charge in [-0.25, -0.2) is 22.4 Å². The van der Waals surface area contributed by atoms with Crippen LogP contribution in [0.3, 0.4) is 0 Å². The Morgan fingerprint density at radius 3 is 1.37 bits per heavy atom. The number of hydrogen-bond acceptors (Lipinski definition) is 7. The van der Waals surface area contributed by atoms with Crippen LogP contribution in [0, 0.1) is 34.6 Å². The number of rotatable bonds is 8. The summed E-state index contributed by atoms with van der Waals surface area (Å²) in [7, 11) is 5.71. The van der Waals surface area contributed by atoms with Crippen LogP contribution < -0.4 is 18.9 Å². The number of carbonyl (C=O) groups is 1. The Morgan fingerprint density at radius 2 is 1.04 bits per heavy atom. The average molecular weight is 711 g/mol. The van der Waals surface area contributed by atoms with Crippen molar-refractivity contribution < 1.29 is 51.5 Å². The molecule has 4 aromatic carbocycles. The minimum atomic E-state index is -1.33. The summed E-state index contributed by atoms with van der Waals surface area (Å²) in [6, 6.07) is 19.4. The Hall–Kier alpha value is -4.80. The maximum Gasteiger partial charge on any atom is 0.342 e. The van der Waals surface area contributed by atoms with Crippen LogP contribution in [-0.4, -0.2) is 44.6 Å². The Morgan fingerprint density at radius 1 is 0.674 bits per heavy atom. The Kier molecular flexibility index (Phi) is 17.9. The molecule has 0 bridgehead atoms. The van der Waals surface area contributed by atoms with Crippen LogP contribution in [0.5, 0.6) is 23.0 Å². The summed E-state index contributed by atoms with van der Waals surface area (Å²) in [6.07, 6.45) is 0.0375. The van der Waals surface area contributed by atoms with Crippen molar-refractivity contribution in [1.82, 2.24) is 0 Å². The van der Waals surface area contributed by atoms with Crippen LogP contribution in [0.4, 0.5) is 17.6 Å². The Labute approximate surface area is 272 Å². The number of aromatic carboxylic acids is 1. The van der Waals surface area contributed by atoms with Gasteiger partial charge in [0.25, 0.3) is 0 Å². The van der Waals surface area contributed by atoms with Gasteiger partial charge in [-0.3, -0.25) is 0 Å². The van der Waals surface area contributed by atoms with Crippen LogP contribution in [0.15, 0.2) is 72.8 Å². The second kappa shape index (κ2) is 21.0. The van der Waals surface area contributed by atoms with E-state index in [4.69, 9.17) is 29.7 Å². The zero-order chi connectivity index (χ0) is 34.6. The van der Waals surface area contributed by atoms with Crippen LogP contribution in [0.2, 0.25) is 0 Å². The number of hydrogen-bond donors (Lipinski definition) is 2. The van der Waals surface area contributed by atoms with E-state index in [9.17, 15) is 22.4 Å². The molecule has 4 aromatic rings. The first-order valence-corrected chi connectivity index (χ1v) is 14.2. The van der Waals surface area contributed by atoms with Gasteiger partial charge < -0.3 is 29.2 Å². The van der Waals surface area contributed by atoms with Gasteiger partial charge in [0.15, 0.2) is 0 Å². The van der Waals surface area contributed by atoms with Gasteiger partial charge in [-0.2, -0.15) is 5.26 Å². The summed E-state index contributed by atoms with van der Waals surface area (Å²) in [5.41, 5.74) is 0.660. The molecule has 0 atom stereocenters. The predicted octanol–water partition coefficient (Wildman–Crippen LogP) is 7.49. The fourth-order valence-corrected chi connectivity index (χ4v) is 4.15. The molecule has 0 aliphatic carbocycles. The maximum absolute atomic E-state index is 13.0. The molecular formula is C33H32BrF4NO7. The zero-order valence-electron chi connectivity index (χ0n) is 25.3. The third-order valence-corrected chi connectivity index (χ3v) is 6.40. The van der Waals surface area contributed by atoms with Gasteiger partial charge in [0.2, 0.25) is 0 Å². The highest BCUT2D eigenvalue weighted by atomic mass is 79.9. The van der Waals surface area contributed by atoms with E-state index >= 15 is 0 Å². The van der Waals surface area contributed by atoms with Gasteiger partial charge in [0.05, 0.1) is 53.1 Å². The summed E-state index contributed by atoms with van der Waals surface area (Å²) in [5, 5.41) is 26.1. The van der Waals surface area contributed by atoms with Crippen molar-refractivity contribution >= 4 is 21.9 Å². The second-order valence-corrected chi connectivity index (χ2v) is 9.07. The molecule has 4 rings (SSSR count). The molecule has 0 spiro atoms. The maximum atomic E-state index is 13.0. The monoisotopic (exact) mass is 709 g/mol. The van der Waals surface area contributed by atoms with Gasteiger partial charge in [0.1, 0.15) is 51.8 Å². The van der Waals surface area contributed by atoms with E-state index in [-0.39, 0.29) is 30.2 Å². The van der Waals surface area contributed by atoms with E-state index < -0.39 is 29.0 Å². The number of methoxy groups -OCH3 is 4. The molecule has 0 saturated carbocycles. The van der Waals surface area contributed by atoms with Crippen LogP contribution >= 0.6 is 15.9 Å². The molecule has 0 fully saturated rings. The van der Waals surface area contributed by atoms with Crippen molar-refractivity contribution in [3.63, 3.8) is 0 Å². The SMILES string of the molecule is COc1cccc(F)c1C(=O)O.COc1cccc(F)c1CBr.COc1cccc(F)c1CC#N.COc1cccc(F)c1CO. The Bertz CT molecular complexity index is 1550. The van der Waals surface area contributed by atoms with Crippen molar-refractivity contribution in [3.8, 4) is 29.1 Å². The molecule has 8 nitrogen and oxygen atoms in total. The number of carboxylic acids is 1. The van der Waals surface area contributed by atoms with E-state index in [1.807, 2.05) is 6.07 Å². The highest BCUT2D eigenvalue weighted by Crippen LogP contribution is 2.24. The molecule has 0 heterocycles. The summed E-state index contributed by atoms with van der Waals surface area (Å²) in [4.78, 5) is 10.5. The van der Waals surface area contributed by atoms with Crippen molar-refractivity contribution in [3.05, 3.63) is 118 Å². The van der Waals surface area contributed by atoms with E-state index in [0.29, 0.717) is 33.7 Å². The predicted molar refractivity (Wildman–Crippen MR) is 167 cm³/mol. The normalized spacial score (nSPS) is 9.50. The molecule has 0 aliphatic rings. The number of aliphatic hydroxyl groups is 1. The standard InChI is InChI=1S/C9H8FNO.C8H8BrFO.C8H7FO3.C8H9FO2/c1-12-9-4-2-3-8(10)7(9)5-6-11;1-11-8-4-2-3-7(10)6(8)5-9;1-12-6-4-2-3-5(9)7(6)8(10)11;1-11-8-4-2-3-7(9)6(8)5-10/h2-4H,5H2,1H3;2-4H,5H2,1H3;2-4H,1H3,(H,10,11);2-4,10H,5H2,1H3. The van der Waals surface area contributed by atoms with Gasteiger partial charge in [-0.1, -0.05) is 40.2 Å². The van der Waals surface area contributed by atoms with Crippen LogP contribution in [-0.2, 0) is 18.4 Å². The third kappa shape index (κ3) is 11.6. The number of alkyl halides is 1. The highest BCUT2D eigenvalue weighted by molar-refractivity contribution is 9.08. The minimum absolute atomic E-state index is 0.0301. The lowest BCUT2D eigenvalue weighted by Gasteiger charge is -2.05. The van der Waals surface area contributed by atoms with Crippen molar-refractivity contribution in [2.75, 3.05) is 28.4 Å². The number of nitriles is 1. The quantitative estimate of drug-likeness (QED) is 0.143. The number of benzene rings is 4. The number of nitrogens with zero attached hydrogens (tertiary/aromatic N) is 1. The number of halogens is 5. The second-order valence-electron chi connectivity index (χ2n) is 8.51. The average Bonchev–Trinajstić information content (AvgIpc) is 3.06. The molecule has 0 aliphatic heterocycles. The molecule has 46 heavy (non-hydrogen) atoms. The van der Waals surface area contributed by atoms with E-state index in [2.05, 4.69) is 20.7 Å². The van der Waals surface area contributed by atoms with Crippen molar-refractivity contribution in [2.45, 2.75) is 18.4 Å². The van der Waals surface area contributed by atoms with E-state index in [0.717, 1.165) is 6.07 Å². The molecule has 2 N–H and O–H groups in total. The van der Waals surface area contributed by atoms with Gasteiger partial charge >= 0.3 is 5.97 Å². The van der Waals surface area contributed by atoms with Crippen molar-refractivity contribution in [2.24, 2.45) is 0 Å². The lowest BCUT2D eigenvalue weighted by atomic mass is 10.1. The van der Waals surface area contributed by atoms with Gasteiger partial charge in [-0.05, 0) is 48.5 Å². The minimum Gasteiger partial charge on any atom is -0.496 e. The van der Waals surface area contributed by atoms with E-state index in [1.165, 1.54) is 64.8 Å². The molecular weight excluding hydrogens is 678 g/mol. The van der Waals surface area contributed by atoms with E-state index in [1.54, 1.807) is 30.3 Å². The van der Waals surface area contributed by atoms with Gasteiger partial charge in [-0.15, -0.1) is 0 Å². The van der Waals surface area contributed by atoms with Gasteiger partial charge in [0, 0.05) is 16.5 Å². The zero-order valence-corrected chi connectivity index (χ0v) is 26.9. The molecule has 0 unspecified atom stereocenters. The number of carboxylic acid groups (broad SMARTS) is 1. The first-order valence-electron chi connectivity index (χ1n) is 13.1. The molecule has 0 saturated heterocycles. The van der Waals surface area contributed by atoms with Crippen LogP contribution in [0.1, 0.15) is 27.0 Å². The third-order valence-electron chi connectivity index (χ3n) is 5.84. The first kappa shape index (κ1) is 39.2. The molecule has 0 radical (unpaired) electrons. The fraction of sp³-hybridized carbons (Fsp3) is 0.212. The molecule has 0 amide bonds. The van der Waals surface area contributed by atoms with Crippen molar-refractivity contribution in [1.29, 1.82) is 5.26 Å².